The van der Waals surface area contributed by atoms with E-state index in [0.717, 1.165) is 22.4 Å². The van der Waals surface area contributed by atoms with Crippen molar-refractivity contribution in [1.82, 2.24) is 9.88 Å². The van der Waals surface area contributed by atoms with E-state index in [1.807, 2.05) is 45.0 Å². The van der Waals surface area contributed by atoms with Gasteiger partial charge in [-0.25, -0.2) is 0 Å². The molecule has 0 aliphatic heterocycles. The van der Waals surface area contributed by atoms with Crippen molar-refractivity contribution in [2.75, 3.05) is 13.2 Å². The van der Waals surface area contributed by atoms with Crippen molar-refractivity contribution in [3.05, 3.63) is 63.6 Å². The fourth-order valence-electron chi connectivity index (χ4n) is 2.33. The minimum atomic E-state index is -0.160. The standard InChI is InChI=1S/C19H24N2O3/c1-14-5-6-16(3)17(11-14)24-13-18(22)20-8-4-9-21-10-7-15(2)12-19(21)23/h5-7,10-12H,4,8-9,13H2,1-3H3,(H,20,22). The van der Waals surface area contributed by atoms with Crippen molar-refractivity contribution in [3.8, 4) is 5.75 Å². The molecule has 5 nitrogen and oxygen atoms in total. The average molecular weight is 328 g/mol. The molecule has 0 atom stereocenters. The van der Waals surface area contributed by atoms with E-state index in [0.29, 0.717) is 19.5 Å². The minimum absolute atomic E-state index is 0.00519. The summed E-state index contributed by atoms with van der Waals surface area (Å²) in [5.74, 6) is 0.573. The number of pyridine rings is 1. The Morgan fingerprint density at radius 1 is 1.12 bits per heavy atom. The quantitative estimate of drug-likeness (QED) is 0.794. The predicted molar refractivity (Wildman–Crippen MR) is 94.5 cm³/mol. The second-order valence-corrected chi connectivity index (χ2v) is 6.00. The summed E-state index contributed by atoms with van der Waals surface area (Å²) >= 11 is 0. The smallest absolute Gasteiger partial charge is 0.257 e. The van der Waals surface area contributed by atoms with E-state index in [4.69, 9.17) is 4.74 Å². The van der Waals surface area contributed by atoms with Crippen LogP contribution in [-0.4, -0.2) is 23.6 Å². The Bertz CT molecular complexity index is 765. The number of carbonyl (C=O) groups excluding carboxylic acids is 1. The zero-order valence-electron chi connectivity index (χ0n) is 14.5. The molecule has 0 aliphatic carbocycles. The van der Waals surface area contributed by atoms with Gasteiger partial charge in [0.1, 0.15) is 5.75 Å². The summed E-state index contributed by atoms with van der Waals surface area (Å²) in [6.07, 6.45) is 2.47. The van der Waals surface area contributed by atoms with Crippen molar-refractivity contribution in [3.63, 3.8) is 0 Å². The molecule has 2 aromatic rings. The maximum atomic E-state index is 11.8. The highest BCUT2D eigenvalue weighted by molar-refractivity contribution is 5.77. The molecule has 1 aromatic carbocycles. The van der Waals surface area contributed by atoms with E-state index in [-0.39, 0.29) is 18.1 Å². The number of benzene rings is 1. The van der Waals surface area contributed by atoms with Crippen molar-refractivity contribution < 1.29 is 9.53 Å². The number of rotatable bonds is 7. The monoisotopic (exact) mass is 328 g/mol. The molecule has 0 spiro atoms. The van der Waals surface area contributed by atoms with Crippen LogP contribution < -0.4 is 15.6 Å². The molecule has 0 fully saturated rings. The van der Waals surface area contributed by atoms with Gasteiger partial charge in [0.15, 0.2) is 6.61 Å². The topological polar surface area (TPSA) is 60.3 Å². The summed E-state index contributed by atoms with van der Waals surface area (Å²) in [5.41, 5.74) is 3.04. The second kappa shape index (κ2) is 8.34. The molecule has 24 heavy (non-hydrogen) atoms. The maximum absolute atomic E-state index is 11.8. The number of nitrogens with zero attached hydrogens (tertiary/aromatic N) is 1. The molecule has 0 saturated heterocycles. The number of carbonyl (C=O) groups is 1. The van der Waals surface area contributed by atoms with E-state index in [1.54, 1.807) is 16.8 Å². The molecule has 1 heterocycles. The van der Waals surface area contributed by atoms with Crippen LogP contribution in [0.3, 0.4) is 0 Å². The van der Waals surface area contributed by atoms with Crippen LogP contribution in [0, 0.1) is 20.8 Å². The van der Waals surface area contributed by atoms with Gasteiger partial charge in [-0.05, 0) is 56.0 Å². The largest absolute Gasteiger partial charge is 0.483 e. The first-order valence-electron chi connectivity index (χ1n) is 8.09. The number of aryl methyl sites for hydroxylation is 4. The first kappa shape index (κ1) is 17.8. The number of hydrogen-bond acceptors (Lipinski definition) is 3. The first-order valence-corrected chi connectivity index (χ1v) is 8.09. The average Bonchev–Trinajstić information content (AvgIpc) is 2.54. The van der Waals surface area contributed by atoms with Crippen LogP contribution in [-0.2, 0) is 11.3 Å². The summed E-state index contributed by atoms with van der Waals surface area (Å²) in [6.45, 7) is 6.91. The Kier molecular flexibility index (Phi) is 6.18. The summed E-state index contributed by atoms with van der Waals surface area (Å²) < 4.78 is 7.20. The van der Waals surface area contributed by atoms with Crippen molar-refractivity contribution in [2.24, 2.45) is 0 Å². The van der Waals surface area contributed by atoms with Crippen LogP contribution in [0.5, 0.6) is 5.75 Å². The molecule has 0 unspecified atom stereocenters. The van der Waals surface area contributed by atoms with Gasteiger partial charge in [0, 0.05) is 25.4 Å². The maximum Gasteiger partial charge on any atom is 0.257 e. The molecule has 1 amide bonds. The third-order valence-electron chi connectivity index (χ3n) is 3.75. The zero-order valence-corrected chi connectivity index (χ0v) is 14.5. The van der Waals surface area contributed by atoms with E-state index in [1.165, 1.54) is 0 Å². The van der Waals surface area contributed by atoms with Gasteiger partial charge >= 0.3 is 0 Å². The van der Waals surface area contributed by atoms with Crippen LogP contribution >= 0.6 is 0 Å². The summed E-state index contributed by atoms with van der Waals surface area (Å²) in [4.78, 5) is 23.6. The fraction of sp³-hybridized carbons (Fsp3) is 0.368. The Balaban J connectivity index is 1.71. The lowest BCUT2D eigenvalue weighted by atomic mass is 10.1. The molecule has 2 rings (SSSR count). The highest BCUT2D eigenvalue weighted by Gasteiger charge is 2.05. The molecule has 0 bridgehead atoms. The van der Waals surface area contributed by atoms with Gasteiger partial charge in [-0.2, -0.15) is 0 Å². The summed E-state index contributed by atoms with van der Waals surface area (Å²) in [7, 11) is 0. The Morgan fingerprint density at radius 3 is 2.62 bits per heavy atom. The lowest BCUT2D eigenvalue weighted by Gasteiger charge is -2.11. The number of amides is 1. The molecule has 0 radical (unpaired) electrons. The normalized spacial score (nSPS) is 10.5. The van der Waals surface area contributed by atoms with Gasteiger partial charge in [-0.15, -0.1) is 0 Å². The molecule has 1 aromatic heterocycles. The van der Waals surface area contributed by atoms with Gasteiger partial charge in [0.25, 0.3) is 11.5 Å². The number of nitrogens with one attached hydrogen (secondary N) is 1. The predicted octanol–water partition coefficient (Wildman–Crippen LogP) is 2.36. The highest BCUT2D eigenvalue weighted by Crippen LogP contribution is 2.18. The van der Waals surface area contributed by atoms with Crippen molar-refractivity contribution in [1.29, 1.82) is 0 Å². The Morgan fingerprint density at radius 2 is 1.88 bits per heavy atom. The van der Waals surface area contributed by atoms with Crippen molar-refractivity contribution >= 4 is 5.91 Å². The van der Waals surface area contributed by atoms with Gasteiger partial charge in [-0.3, -0.25) is 9.59 Å². The number of hydrogen-bond donors (Lipinski definition) is 1. The molecular formula is C19H24N2O3. The van der Waals surface area contributed by atoms with Gasteiger partial charge < -0.3 is 14.6 Å². The van der Waals surface area contributed by atoms with Crippen LogP contribution in [0.2, 0.25) is 0 Å². The number of aromatic nitrogens is 1. The highest BCUT2D eigenvalue weighted by atomic mass is 16.5. The SMILES string of the molecule is Cc1ccc(C)c(OCC(=O)NCCCn2ccc(C)cc2=O)c1. The van der Waals surface area contributed by atoms with E-state index < -0.39 is 0 Å². The molecule has 0 aliphatic rings. The third kappa shape index (κ3) is 5.26. The zero-order chi connectivity index (χ0) is 17.5. The second-order valence-electron chi connectivity index (χ2n) is 6.00. The van der Waals surface area contributed by atoms with E-state index in [9.17, 15) is 9.59 Å². The minimum Gasteiger partial charge on any atom is -0.483 e. The number of ether oxygens (including phenoxy) is 1. The summed E-state index contributed by atoms with van der Waals surface area (Å²) in [6, 6.07) is 9.41. The third-order valence-corrected chi connectivity index (χ3v) is 3.75. The molecule has 5 heteroatoms. The van der Waals surface area contributed by atoms with Gasteiger partial charge in [0.05, 0.1) is 0 Å². The van der Waals surface area contributed by atoms with E-state index in [2.05, 4.69) is 5.32 Å². The lowest BCUT2D eigenvalue weighted by molar-refractivity contribution is -0.123. The Labute approximate surface area is 142 Å². The van der Waals surface area contributed by atoms with Gasteiger partial charge in [-0.1, -0.05) is 12.1 Å². The Hall–Kier alpha value is -2.56. The van der Waals surface area contributed by atoms with E-state index >= 15 is 0 Å². The molecule has 0 saturated carbocycles. The van der Waals surface area contributed by atoms with Crippen molar-refractivity contribution in [2.45, 2.75) is 33.7 Å². The van der Waals surface area contributed by atoms with Crippen LogP contribution in [0.4, 0.5) is 0 Å². The van der Waals surface area contributed by atoms with Gasteiger partial charge in [0.2, 0.25) is 0 Å². The van der Waals surface area contributed by atoms with Crippen LogP contribution in [0.15, 0.2) is 41.3 Å². The van der Waals surface area contributed by atoms with Crippen LogP contribution in [0.25, 0.3) is 0 Å². The molecule has 128 valence electrons. The molecule has 1 N–H and O–H groups in total. The molecular weight excluding hydrogens is 304 g/mol. The lowest BCUT2D eigenvalue weighted by Crippen LogP contribution is -2.31. The first-order chi connectivity index (χ1) is 11.5. The van der Waals surface area contributed by atoms with Crippen LogP contribution in [0.1, 0.15) is 23.1 Å². The summed E-state index contributed by atoms with van der Waals surface area (Å²) in [5, 5.41) is 2.81. The fourth-order valence-corrected chi connectivity index (χ4v) is 2.33.